The number of carbonyl (C=O) groups is 1. The zero-order valence-corrected chi connectivity index (χ0v) is 14.4. The number of hydrogen-bond acceptors (Lipinski definition) is 6. The molecule has 1 aliphatic rings. The summed E-state index contributed by atoms with van der Waals surface area (Å²) < 4.78 is 1.55. The maximum Gasteiger partial charge on any atom is 0.258 e. The fraction of sp³-hybridized carbons (Fsp3) is 0.467. The molecule has 0 radical (unpaired) electrons. The van der Waals surface area contributed by atoms with Gasteiger partial charge in [-0.15, -0.1) is 11.3 Å². The molecule has 0 bridgehead atoms. The van der Waals surface area contributed by atoms with Gasteiger partial charge in [0.05, 0.1) is 23.0 Å². The summed E-state index contributed by atoms with van der Waals surface area (Å²) >= 11 is 1.40. The maximum atomic E-state index is 12.4. The molecule has 8 heteroatoms. The summed E-state index contributed by atoms with van der Waals surface area (Å²) in [7, 11) is 1.72. The molecule has 2 aromatic rings. The highest BCUT2D eigenvalue weighted by molar-refractivity contribution is 7.13. The van der Waals surface area contributed by atoms with E-state index in [0.717, 1.165) is 11.4 Å². The molecule has 0 saturated heterocycles. The normalized spacial score (nSPS) is 15.5. The Kier molecular flexibility index (Phi) is 4.03. The molecule has 7 nitrogen and oxygen atoms in total. The average molecular weight is 333 g/mol. The number of aromatic nitrogens is 3. The minimum atomic E-state index is -0.363. The Balaban J connectivity index is 1.75. The number of hydrogen-bond donors (Lipinski definition) is 1. The summed E-state index contributed by atoms with van der Waals surface area (Å²) in [6.45, 7) is 6.49. The Morgan fingerprint density at radius 2 is 2.09 bits per heavy atom. The second kappa shape index (κ2) is 5.86. The van der Waals surface area contributed by atoms with Gasteiger partial charge in [-0.3, -0.25) is 19.1 Å². The van der Waals surface area contributed by atoms with Gasteiger partial charge in [0, 0.05) is 25.5 Å². The van der Waals surface area contributed by atoms with Crippen molar-refractivity contribution in [2.75, 3.05) is 5.32 Å². The highest BCUT2D eigenvalue weighted by Gasteiger charge is 2.31. The fourth-order valence-electron chi connectivity index (χ4n) is 2.61. The molecule has 1 atom stereocenters. The Hall–Kier alpha value is -2.06. The molecule has 0 saturated carbocycles. The molecule has 0 aliphatic carbocycles. The minimum absolute atomic E-state index is 0.0295. The van der Waals surface area contributed by atoms with Crippen LogP contribution in [0.5, 0.6) is 0 Å². The van der Waals surface area contributed by atoms with Crippen LogP contribution in [-0.2, 0) is 24.9 Å². The van der Waals surface area contributed by atoms with Crippen molar-refractivity contribution in [2.24, 2.45) is 7.05 Å². The van der Waals surface area contributed by atoms with Gasteiger partial charge >= 0.3 is 0 Å². The van der Waals surface area contributed by atoms with Gasteiger partial charge < -0.3 is 5.32 Å². The maximum absolute atomic E-state index is 12.4. The van der Waals surface area contributed by atoms with Gasteiger partial charge in [0.25, 0.3) is 5.56 Å². The first-order valence-electron chi connectivity index (χ1n) is 7.39. The first kappa shape index (κ1) is 15.8. The van der Waals surface area contributed by atoms with E-state index in [1.165, 1.54) is 11.3 Å². The first-order chi connectivity index (χ1) is 10.9. The number of rotatable bonds is 3. The Morgan fingerprint density at radius 1 is 1.35 bits per heavy atom. The Morgan fingerprint density at radius 3 is 2.74 bits per heavy atom. The van der Waals surface area contributed by atoms with E-state index in [2.05, 4.69) is 15.3 Å². The lowest BCUT2D eigenvalue weighted by atomic mass is 10.2. The van der Waals surface area contributed by atoms with Gasteiger partial charge in [0.2, 0.25) is 5.91 Å². The van der Waals surface area contributed by atoms with Crippen LogP contribution >= 0.6 is 11.3 Å². The molecule has 122 valence electrons. The Labute approximate surface area is 138 Å². The molecule has 2 aromatic heterocycles. The van der Waals surface area contributed by atoms with E-state index >= 15 is 0 Å². The molecule has 0 fully saturated rings. The monoisotopic (exact) mass is 333 g/mol. The molecule has 1 N–H and O–H groups in total. The van der Waals surface area contributed by atoms with Crippen molar-refractivity contribution < 1.29 is 4.79 Å². The van der Waals surface area contributed by atoms with Crippen molar-refractivity contribution in [3.05, 3.63) is 38.5 Å². The summed E-state index contributed by atoms with van der Waals surface area (Å²) in [5, 5.41) is 5.32. The predicted octanol–water partition coefficient (Wildman–Crippen LogP) is 1.20. The number of thiazole rings is 1. The summed E-state index contributed by atoms with van der Waals surface area (Å²) in [4.78, 5) is 35.4. The molecule has 23 heavy (non-hydrogen) atoms. The van der Waals surface area contributed by atoms with Crippen molar-refractivity contribution in [2.45, 2.75) is 39.9 Å². The first-order valence-corrected chi connectivity index (χ1v) is 8.27. The van der Waals surface area contributed by atoms with Gasteiger partial charge in [-0.1, -0.05) is 0 Å². The standard InChI is InChI=1S/C15H19N5O2S/c1-8-7-23-15(16-8)18-13(21)9(2)20-5-11-12(6-20)17-10(3)19(4)14(11)22/h7,9H,5-6H2,1-4H3,(H,16,18,21)/t9-/m1/s1. The lowest BCUT2D eigenvalue weighted by Gasteiger charge is -2.21. The van der Waals surface area contributed by atoms with Crippen LogP contribution in [0.25, 0.3) is 0 Å². The van der Waals surface area contributed by atoms with Crippen LogP contribution in [0.15, 0.2) is 10.2 Å². The number of aryl methyl sites for hydroxylation is 2. The summed E-state index contributed by atoms with van der Waals surface area (Å²) in [5.41, 5.74) is 2.31. The van der Waals surface area contributed by atoms with Gasteiger partial charge in [-0.05, 0) is 20.8 Å². The number of carbonyl (C=O) groups excluding carboxylic acids is 1. The van der Waals surface area contributed by atoms with E-state index in [0.29, 0.717) is 29.6 Å². The molecule has 1 amide bonds. The average Bonchev–Trinajstić information content (AvgIpc) is 3.10. The van der Waals surface area contributed by atoms with Crippen LogP contribution < -0.4 is 10.9 Å². The fourth-order valence-corrected chi connectivity index (χ4v) is 3.30. The molecular formula is C15H19N5O2S. The van der Waals surface area contributed by atoms with Crippen molar-refractivity contribution in [1.82, 2.24) is 19.4 Å². The van der Waals surface area contributed by atoms with E-state index < -0.39 is 0 Å². The van der Waals surface area contributed by atoms with E-state index in [-0.39, 0.29) is 17.5 Å². The highest BCUT2D eigenvalue weighted by atomic mass is 32.1. The predicted molar refractivity (Wildman–Crippen MR) is 88.4 cm³/mol. The van der Waals surface area contributed by atoms with Crippen LogP contribution in [0.3, 0.4) is 0 Å². The SMILES string of the molecule is Cc1csc(NC(=O)[C@@H](C)N2Cc3nc(C)n(C)c(=O)c3C2)n1. The minimum Gasteiger partial charge on any atom is -0.301 e. The summed E-state index contributed by atoms with van der Waals surface area (Å²) in [6, 6.07) is -0.363. The third kappa shape index (κ3) is 2.91. The number of fused-ring (bicyclic) bond motifs is 1. The molecule has 0 unspecified atom stereocenters. The molecule has 0 aromatic carbocycles. The smallest absolute Gasteiger partial charge is 0.258 e. The Bertz CT molecular complexity index is 826. The second-order valence-electron chi connectivity index (χ2n) is 5.81. The number of amides is 1. The largest absolute Gasteiger partial charge is 0.301 e. The zero-order chi connectivity index (χ0) is 16.7. The van der Waals surface area contributed by atoms with Crippen LogP contribution in [0.4, 0.5) is 5.13 Å². The highest BCUT2D eigenvalue weighted by Crippen LogP contribution is 2.22. The summed E-state index contributed by atoms with van der Waals surface area (Å²) in [5.74, 6) is 0.562. The number of nitrogens with one attached hydrogen (secondary N) is 1. The number of nitrogens with zero attached hydrogens (tertiary/aromatic N) is 4. The zero-order valence-electron chi connectivity index (χ0n) is 13.6. The van der Waals surface area contributed by atoms with E-state index in [1.54, 1.807) is 11.6 Å². The van der Waals surface area contributed by atoms with Crippen LogP contribution in [0.2, 0.25) is 0 Å². The van der Waals surface area contributed by atoms with Gasteiger partial charge in [0.1, 0.15) is 5.82 Å². The molecule has 3 heterocycles. The van der Waals surface area contributed by atoms with Gasteiger partial charge in [-0.25, -0.2) is 9.97 Å². The van der Waals surface area contributed by atoms with E-state index in [1.807, 2.05) is 31.1 Å². The van der Waals surface area contributed by atoms with Gasteiger partial charge in [0.15, 0.2) is 5.13 Å². The summed E-state index contributed by atoms with van der Waals surface area (Å²) in [6.07, 6.45) is 0. The van der Waals surface area contributed by atoms with E-state index in [4.69, 9.17) is 0 Å². The van der Waals surface area contributed by atoms with Crippen molar-refractivity contribution in [3.63, 3.8) is 0 Å². The third-order valence-electron chi connectivity index (χ3n) is 4.18. The topological polar surface area (TPSA) is 80.1 Å². The van der Waals surface area contributed by atoms with E-state index in [9.17, 15) is 9.59 Å². The van der Waals surface area contributed by atoms with Crippen molar-refractivity contribution in [1.29, 1.82) is 0 Å². The molecular weight excluding hydrogens is 314 g/mol. The lowest BCUT2D eigenvalue weighted by Crippen LogP contribution is -2.39. The van der Waals surface area contributed by atoms with Crippen LogP contribution in [0.1, 0.15) is 29.7 Å². The quantitative estimate of drug-likeness (QED) is 0.913. The molecule has 3 rings (SSSR count). The number of anilines is 1. The molecule has 0 spiro atoms. The van der Waals surface area contributed by atoms with Crippen LogP contribution in [-0.4, -0.2) is 31.4 Å². The van der Waals surface area contributed by atoms with Crippen LogP contribution in [0, 0.1) is 13.8 Å². The van der Waals surface area contributed by atoms with Crippen molar-refractivity contribution in [3.8, 4) is 0 Å². The van der Waals surface area contributed by atoms with Crippen molar-refractivity contribution >= 4 is 22.4 Å². The third-order valence-corrected chi connectivity index (χ3v) is 5.06. The lowest BCUT2D eigenvalue weighted by molar-refractivity contribution is -0.120. The van der Waals surface area contributed by atoms with Gasteiger partial charge in [-0.2, -0.15) is 0 Å². The second-order valence-corrected chi connectivity index (χ2v) is 6.67. The molecule has 1 aliphatic heterocycles.